The maximum Gasteiger partial charge on any atom is 0.272 e. The Balaban J connectivity index is 1.29. The van der Waals surface area contributed by atoms with Crippen LogP contribution < -0.4 is 10.2 Å². The van der Waals surface area contributed by atoms with E-state index in [1.54, 1.807) is 25.2 Å². The Hall–Kier alpha value is -4.24. The fraction of sp³-hybridized carbons (Fsp3) is 0.259. The molecule has 1 N–H and O–H groups in total. The maximum absolute atomic E-state index is 12.5. The van der Waals surface area contributed by atoms with Crippen molar-refractivity contribution in [1.29, 1.82) is 0 Å². The van der Waals surface area contributed by atoms with E-state index in [4.69, 9.17) is 9.72 Å². The number of aliphatic imine (C=N–C) groups is 1. The third kappa shape index (κ3) is 4.07. The summed E-state index contributed by atoms with van der Waals surface area (Å²) in [5.41, 5.74) is 7.08. The maximum atomic E-state index is 12.5. The standard InChI is InChI=1S/C27H27N7O2/c1-32(2)27(35)24-22-8-3-18(15-19(22)16-29-24)23-17-34-10-9-28-26(34)25(31-23)30-20-4-6-21(7-5-20)33-11-13-36-14-12-33/h3-10,15,17H,11-14,16H2,1-2H3,(H,30,31). The molecule has 6 rings (SSSR count). The van der Waals surface area contributed by atoms with Crippen LogP contribution in [-0.2, 0) is 16.1 Å². The van der Waals surface area contributed by atoms with E-state index in [2.05, 4.69) is 50.5 Å². The smallest absolute Gasteiger partial charge is 0.272 e. The number of aromatic nitrogens is 3. The van der Waals surface area contributed by atoms with Gasteiger partial charge in [-0.2, -0.15) is 0 Å². The fourth-order valence-corrected chi connectivity index (χ4v) is 4.63. The third-order valence-electron chi connectivity index (χ3n) is 6.55. The van der Waals surface area contributed by atoms with Crippen LogP contribution in [0.25, 0.3) is 16.9 Å². The summed E-state index contributed by atoms with van der Waals surface area (Å²) < 4.78 is 7.43. The van der Waals surface area contributed by atoms with Crippen LogP contribution in [0.4, 0.5) is 17.2 Å². The summed E-state index contributed by atoms with van der Waals surface area (Å²) >= 11 is 0. The summed E-state index contributed by atoms with van der Waals surface area (Å²) in [7, 11) is 3.48. The van der Waals surface area contributed by atoms with Gasteiger partial charge in [-0.1, -0.05) is 12.1 Å². The van der Waals surface area contributed by atoms with Gasteiger partial charge in [-0.15, -0.1) is 0 Å². The lowest BCUT2D eigenvalue weighted by atomic mass is 10.0. The van der Waals surface area contributed by atoms with Gasteiger partial charge in [-0.25, -0.2) is 9.97 Å². The molecule has 2 aliphatic heterocycles. The number of nitrogens with one attached hydrogen (secondary N) is 1. The van der Waals surface area contributed by atoms with E-state index in [1.165, 1.54) is 5.69 Å². The molecule has 2 aliphatic rings. The van der Waals surface area contributed by atoms with Crippen molar-refractivity contribution in [1.82, 2.24) is 19.3 Å². The second-order valence-electron chi connectivity index (χ2n) is 9.14. The van der Waals surface area contributed by atoms with Crippen LogP contribution in [0.3, 0.4) is 0 Å². The van der Waals surface area contributed by atoms with Gasteiger partial charge in [0.1, 0.15) is 5.71 Å². The molecule has 9 nitrogen and oxygen atoms in total. The Bertz CT molecular complexity index is 1470. The van der Waals surface area contributed by atoms with Crippen molar-refractivity contribution < 1.29 is 9.53 Å². The van der Waals surface area contributed by atoms with Crippen LogP contribution in [-0.4, -0.2) is 71.3 Å². The summed E-state index contributed by atoms with van der Waals surface area (Å²) in [6.45, 7) is 3.82. The molecule has 1 fully saturated rings. The number of amides is 1. The molecule has 1 saturated heterocycles. The van der Waals surface area contributed by atoms with Gasteiger partial charge in [0.2, 0.25) is 0 Å². The summed E-state index contributed by atoms with van der Waals surface area (Å²) in [5, 5.41) is 3.45. The Morgan fingerprint density at radius 1 is 1.08 bits per heavy atom. The molecule has 0 atom stereocenters. The molecule has 1 amide bonds. The Morgan fingerprint density at radius 3 is 2.67 bits per heavy atom. The molecule has 36 heavy (non-hydrogen) atoms. The number of fused-ring (bicyclic) bond motifs is 2. The molecule has 0 radical (unpaired) electrons. The van der Waals surface area contributed by atoms with E-state index < -0.39 is 0 Å². The predicted molar refractivity (Wildman–Crippen MR) is 140 cm³/mol. The summed E-state index contributed by atoms with van der Waals surface area (Å²) in [6, 6.07) is 14.4. The van der Waals surface area contributed by atoms with Gasteiger partial charge >= 0.3 is 0 Å². The summed E-state index contributed by atoms with van der Waals surface area (Å²) in [5.74, 6) is 0.599. The molecule has 0 unspecified atom stereocenters. The largest absolute Gasteiger partial charge is 0.378 e. The Morgan fingerprint density at radius 2 is 1.89 bits per heavy atom. The van der Waals surface area contributed by atoms with Crippen molar-refractivity contribution in [2.24, 2.45) is 4.99 Å². The average molecular weight is 482 g/mol. The molecular formula is C27H27N7O2. The van der Waals surface area contributed by atoms with Crippen LogP contribution in [0.1, 0.15) is 11.1 Å². The Labute approximate surface area is 209 Å². The number of anilines is 3. The molecule has 0 bridgehead atoms. The van der Waals surface area contributed by atoms with Gasteiger partial charge in [0.05, 0.1) is 25.5 Å². The van der Waals surface area contributed by atoms with Crippen molar-refractivity contribution in [3.63, 3.8) is 0 Å². The van der Waals surface area contributed by atoms with Crippen LogP contribution in [0.2, 0.25) is 0 Å². The third-order valence-corrected chi connectivity index (χ3v) is 6.55. The second kappa shape index (κ2) is 9.09. The molecule has 9 heteroatoms. The second-order valence-corrected chi connectivity index (χ2v) is 9.14. The van der Waals surface area contributed by atoms with E-state index >= 15 is 0 Å². The first kappa shape index (κ1) is 22.2. The molecular weight excluding hydrogens is 454 g/mol. The topological polar surface area (TPSA) is 87.4 Å². The van der Waals surface area contributed by atoms with Gasteiger partial charge in [0, 0.05) is 68.3 Å². The molecule has 182 valence electrons. The zero-order chi connectivity index (χ0) is 24.6. The number of hydrogen-bond acceptors (Lipinski definition) is 7. The molecule has 0 spiro atoms. The van der Waals surface area contributed by atoms with Crippen molar-refractivity contribution in [3.8, 4) is 11.3 Å². The normalized spacial score (nSPS) is 15.1. The molecule has 2 aromatic carbocycles. The van der Waals surface area contributed by atoms with Crippen LogP contribution in [0.15, 0.2) is 66.0 Å². The number of carbonyl (C=O) groups is 1. The van der Waals surface area contributed by atoms with E-state index in [-0.39, 0.29) is 5.91 Å². The van der Waals surface area contributed by atoms with Crippen molar-refractivity contribution >= 4 is 34.5 Å². The number of morpholine rings is 1. The lowest BCUT2D eigenvalue weighted by Crippen LogP contribution is -2.36. The molecule has 4 heterocycles. The summed E-state index contributed by atoms with van der Waals surface area (Å²) in [6.07, 6.45) is 5.65. The van der Waals surface area contributed by atoms with E-state index in [0.29, 0.717) is 18.1 Å². The number of nitrogens with zero attached hydrogens (tertiary/aromatic N) is 6. The average Bonchev–Trinajstić information content (AvgIpc) is 3.56. The number of benzene rings is 2. The van der Waals surface area contributed by atoms with Gasteiger partial charge < -0.3 is 24.3 Å². The zero-order valence-electron chi connectivity index (χ0n) is 20.3. The Kier molecular flexibility index (Phi) is 5.61. The first-order chi connectivity index (χ1) is 17.6. The number of imidazole rings is 1. The van der Waals surface area contributed by atoms with Gasteiger partial charge in [-0.3, -0.25) is 9.79 Å². The predicted octanol–water partition coefficient (Wildman–Crippen LogP) is 3.37. The minimum atomic E-state index is -0.0782. The highest BCUT2D eigenvalue weighted by molar-refractivity contribution is 6.46. The minimum absolute atomic E-state index is 0.0782. The SMILES string of the molecule is CN(C)C(=O)C1=NCc2cc(-c3cn4ccnc4c(Nc4ccc(N5CCOCC5)cc4)n3)ccc21. The zero-order valence-corrected chi connectivity index (χ0v) is 20.3. The summed E-state index contributed by atoms with van der Waals surface area (Å²) in [4.78, 5) is 30.3. The first-order valence-electron chi connectivity index (χ1n) is 12.0. The van der Waals surface area contributed by atoms with E-state index in [0.717, 1.165) is 60.0 Å². The first-order valence-corrected chi connectivity index (χ1v) is 12.0. The van der Waals surface area contributed by atoms with Crippen LogP contribution in [0, 0.1) is 0 Å². The van der Waals surface area contributed by atoms with Crippen molar-refractivity contribution in [3.05, 3.63) is 72.2 Å². The lowest BCUT2D eigenvalue weighted by Gasteiger charge is -2.28. The molecule has 0 saturated carbocycles. The monoisotopic (exact) mass is 481 g/mol. The van der Waals surface area contributed by atoms with E-state index in [1.807, 2.05) is 28.9 Å². The molecule has 0 aliphatic carbocycles. The molecule has 2 aromatic heterocycles. The highest BCUT2D eigenvalue weighted by Crippen LogP contribution is 2.29. The van der Waals surface area contributed by atoms with Gasteiger partial charge in [-0.05, 0) is 35.9 Å². The molecule has 4 aromatic rings. The van der Waals surface area contributed by atoms with E-state index in [9.17, 15) is 4.79 Å². The minimum Gasteiger partial charge on any atom is -0.378 e. The highest BCUT2D eigenvalue weighted by Gasteiger charge is 2.24. The lowest BCUT2D eigenvalue weighted by molar-refractivity contribution is -0.121. The number of hydrogen-bond donors (Lipinski definition) is 1. The van der Waals surface area contributed by atoms with Crippen LogP contribution >= 0.6 is 0 Å². The fourth-order valence-electron chi connectivity index (χ4n) is 4.63. The van der Waals surface area contributed by atoms with Gasteiger partial charge in [0.15, 0.2) is 11.5 Å². The quantitative estimate of drug-likeness (QED) is 0.470. The van der Waals surface area contributed by atoms with Crippen molar-refractivity contribution in [2.45, 2.75) is 6.54 Å². The number of carbonyl (C=O) groups excluding carboxylic acids is 1. The van der Waals surface area contributed by atoms with Crippen LogP contribution in [0.5, 0.6) is 0 Å². The number of rotatable bonds is 5. The van der Waals surface area contributed by atoms with Crippen molar-refractivity contribution in [2.75, 3.05) is 50.6 Å². The number of ether oxygens (including phenoxy) is 1. The highest BCUT2D eigenvalue weighted by atomic mass is 16.5. The number of likely N-dealkylation sites (N-methyl/N-ethyl adjacent to an activating group) is 1. The van der Waals surface area contributed by atoms with Gasteiger partial charge in [0.25, 0.3) is 5.91 Å².